The maximum absolute atomic E-state index is 12.1. The van der Waals surface area contributed by atoms with Crippen LogP contribution in [0.25, 0.3) is 16.8 Å². The highest BCUT2D eigenvalue weighted by atomic mass is 32.2. The fraction of sp³-hybridized carbons (Fsp3) is 0.240. The van der Waals surface area contributed by atoms with E-state index < -0.39 is 10.0 Å². The van der Waals surface area contributed by atoms with Crippen molar-refractivity contribution in [3.8, 4) is 11.3 Å². The fourth-order valence-electron chi connectivity index (χ4n) is 4.35. The van der Waals surface area contributed by atoms with Gasteiger partial charge < -0.3 is 10.6 Å². The summed E-state index contributed by atoms with van der Waals surface area (Å²) in [5, 5.41) is 10.9. The fourth-order valence-corrected chi connectivity index (χ4v) is 4.93. The van der Waals surface area contributed by atoms with E-state index in [4.69, 9.17) is 0 Å². The summed E-state index contributed by atoms with van der Waals surface area (Å²) in [5.41, 5.74) is 5.18. The Morgan fingerprint density at radius 1 is 1.09 bits per heavy atom. The lowest BCUT2D eigenvalue weighted by Crippen LogP contribution is -2.16. The van der Waals surface area contributed by atoms with Crippen LogP contribution in [-0.4, -0.2) is 35.2 Å². The Morgan fingerprint density at radius 3 is 2.69 bits per heavy atom. The number of hydrogen-bond acceptors (Lipinski definition) is 6. The predicted octanol–water partition coefficient (Wildman–Crippen LogP) is 4.52. The van der Waals surface area contributed by atoms with Gasteiger partial charge >= 0.3 is 0 Å². The lowest BCUT2D eigenvalue weighted by molar-refractivity contribution is -0.116. The SMILES string of the molecule is CC1(C)CCC(=O)Nc2ccc(Nc3ncc4ccc(-c5ccccc5NS(C)(=O)=O)n4n3)cc21. The summed E-state index contributed by atoms with van der Waals surface area (Å²) in [6, 6.07) is 16.7. The monoisotopic (exact) mass is 490 g/mol. The number of para-hydroxylation sites is 1. The number of aromatic nitrogens is 3. The maximum Gasteiger partial charge on any atom is 0.245 e. The molecule has 5 rings (SSSR count). The van der Waals surface area contributed by atoms with E-state index >= 15 is 0 Å². The molecule has 1 aliphatic heterocycles. The molecule has 180 valence electrons. The zero-order valence-electron chi connectivity index (χ0n) is 19.7. The van der Waals surface area contributed by atoms with Gasteiger partial charge in [0.2, 0.25) is 21.9 Å². The molecule has 1 aliphatic rings. The highest BCUT2D eigenvalue weighted by Gasteiger charge is 2.28. The van der Waals surface area contributed by atoms with Crippen LogP contribution in [0, 0.1) is 0 Å². The summed E-state index contributed by atoms with van der Waals surface area (Å²) < 4.78 is 28.0. The molecule has 0 unspecified atom stereocenters. The number of hydrogen-bond donors (Lipinski definition) is 3. The molecule has 1 amide bonds. The molecular formula is C25H26N6O3S. The first-order valence-electron chi connectivity index (χ1n) is 11.2. The van der Waals surface area contributed by atoms with Gasteiger partial charge in [-0.2, -0.15) is 0 Å². The Hall–Kier alpha value is -3.92. The van der Waals surface area contributed by atoms with Gasteiger partial charge in [0.1, 0.15) is 0 Å². The van der Waals surface area contributed by atoms with E-state index in [0.29, 0.717) is 23.6 Å². The molecule has 35 heavy (non-hydrogen) atoms. The van der Waals surface area contributed by atoms with Gasteiger partial charge in [-0.05, 0) is 53.8 Å². The molecule has 0 aliphatic carbocycles. The van der Waals surface area contributed by atoms with E-state index in [1.165, 1.54) is 0 Å². The second-order valence-electron chi connectivity index (χ2n) is 9.37. The molecule has 2 aromatic carbocycles. The minimum Gasteiger partial charge on any atom is -0.326 e. The second-order valence-corrected chi connectivity index (χ2v) is 11.1. The predicted molar refractivity (Wildman–Crippen MR) is 138 cm³/mol. The van der Waals surface area contributed by atoms with Crippen LogP contribution in [0.15, 0.2) is 60.8 Å². The van der Waals surface area contributed by atoms with Crippen LogP contribution >= 0.6 is 0 Å². The Bertz CT molecular complexity index is 1560. The van der Waals surface area contributed by atoms with Crippen LogP contribution in [0.1, 0.15) is 32.3 Å². The topological polar surface area (TPSA) is 117 Å². The summed E-state index contributed by atoms with van der Waals surface area (Å²) in [4.78, 5) is 16.5. The van der Waals surface area contributed by atoms with Gasteiger partial charge in [-0.25, -0.2) is 17.9 Å². The number of nitrogens with one attached hydrogen (secondary N) is 3. The molecule has 0 saturated heterocycles. The van der Waals surface area contributed by atoms with Crippen molar-refractivity contribution in [1.29, 1.82) is 0 Å². The van der Waals surface area contributed by atoms with Crippen molar-refractivity contribution in [3.63, 3.8) is 0 Å². The van der Waals surface area contributed by atoms with Crippen molar-refractivity contribution >= 4 is 44.5 Å². The van der Waals surface area contributed by atoms with Gasteiger partial charge in [0.15, 0.2) is 0 Å². The van der Waals surface area contributed by atoms with Crippen LogP contribution in [-0.2, 0) is 20.2 Å². The van der Waals surface area contributed by atoms with Crippen LogP contribution in [0.5, 0.6) is 0 Å². The Balaban J connectivity index is 1.52. The molecule has 0 spiro atoms. The number of nitrogens with zero attached hydrogens (tertiary/aromatic N) is 3. The van der Waals surface area contributed by atoms with Crippen LogP contribution in [0.4, 0.5) is 23.0 Å². The highest BCUT2D eigenvalue weighted by molar-refractivity contribution is 7.92. The normalized spacial score (nSPS) is 15.2. The molecular weight excluding hydrogens is 464 g/mol. The van der Waals surface area contributed by atoms with E-state index in [0.717, 1.165) is 40.8 Å². The average Bonchev–Trinajstić information content (AvgIpc) is 3.16. The minimum atomic E-state index is -3.45. The summed E-state index contributed by atoms with van der Waals surface area (Å²) >= 11 is 0. The number of rotatable bonds is 5. The third kappa shape index (κ3) is 4.69. The lowest BCUT2D eigenvalue weighted by Gasteiger charge is -2.25. The first-order chi connectivity index (χ1) is 16.6. The van der Waals surface area contributed by atoms with Crippen molar-refractivity contribution < 1.29 is 13.2 Å². The van der Waals surface area contributed by atoms with E-state index in [1.54, 1.807) is 22.8 Å². The molecule has 9 nitrogen and oxygen atoms in total. The average molecular weight is 491 g/mol. The Labute approximate surface area is 203 Å². The van der Waals surface area contributed by atoms with E-state index in [2.05, 4.69) is 39.3 Å². The quantitative estimate of drug-likeness (QED) is 0.379. The molecule has 0 atom stereocenters. The largest absolute Gasteiger partial charge is 0.326 e. The van der Waals surface area contributed by atoms with Crippen molar-refractivity contribution in [3.05, 3.63) is 66.4 Å². The summed E-state index contributed by atoms with van der Waals surface area (Å²) in [6.07, 6.45) is 4.07. The first kappa shape index (κ1) is 22.9. The van der Waals surface area contributed by atoms with Gasteiger partial charge in [-0.15, -0.1) is 5.10 Å². The number of amides is 1. The standard InChI is InChI=1S/C25H26N6O3S/c1-25(2)13-12-23(32)28-21-10-8-16(14-19(21)25)27-24-26-15-17-9-11-22(31(17)29-24)18-6-4-5-7-20(18)30-35(3,33)34/h4-11,14-15,30H,12-13H2,1-3H3,(H,27,29)(H,28,32). The molecule has 0 fully saturated rings. The molecule has 10 heteroatoms. The molecule has 4 aromatic rings. The maximum atomic E-state index is 12.1. The molecule has 3 N–H and O–H groups in total. The zero-order chi connectivity index (χ0) is 24.8. The summed E-state index contributed by atoms with van der Waals surface area (Å²) in [6.45, 7) is 4.26. The number of sulfonamides is 1. The number of fused-ring (bicyclic) bond motifs is 2. The van der Waals surface area contributed by atoms with Gasteiger partial charge in [0, 0.05) is 23.4 Å². The smallest absolute Gasteiger partial charge is 0.245 e. The van der Waals surface area contributed by atoms with Gasteiger partial charge in [-0.1, -0.05) is 32.0 Å². The molecule has 0 bridgehead atoms. The van der Waals surface area contributed by atoms with E-state index in [-0.39, 0.29) is 11.3 Å². The van der Waals surface area contributed by atoms with Gasteiger partial charge in [0.25, 0.3) is 0 Å². The first-order valence-corrected chi connectivity index (χ1v) is 13.1. The molecule has 0 saturated carbocycles. The number of benzene rings is 2. The van der Waals surface area contributed by atoms with Crippen LogP contribution in [0.2, 0.25) is 0 Å². The van der Waals surface area contributed by atoms with Gasteiger partial charge in [-0.3, -0.25) is 9.52 Å². The minimum absolute atomic E-state index is 0.0251. The zero-order valence-corrected chi connectivity index (χ0v) is 20.5. The Morgan fingerprint density at radius 2 is 1.89 bits per heavy atom. The third-order valence-corrected chi connectivity index (χ3v) is 6.74. The van der Waals surface area contributed by atoms with Gasteiger partial charge in [0.05, 0.1) is 29.4 Å². The third-order valence-electron chi connectivity index (χ3n) is 6.15. The second kappa shape index (κ2) is 8.38. The number of carbonyl (C=O) groups is 1. The summed E-state index contributed by atoms with van der Waals surface area (Å²) in [5.74, 6) is 0.413. The molecule has 2 aromatic heterocycles. The van der Waals surface area contributed by atoms with Crippen LogP contribution in [0.3, 0.4) is 0 Å². The molecule has 3 heterocycles. The van der Waals surface area contributed by atoms with Crippen LogP contribution < -0.4 is 15.4 Å². The Kier molecular flexibility index (Phi) is 5.47. The van der Waals surface area contributed by atoms with Crippen molar-refractivity contribution in [1.82, 2.24) is 14.6 Å². The number of carbonyl (C=O) groups excluding carboxylic acids is 1. The number of anilines is 4. The highest BCUT2D eigenvalue weighted by Crippen LogP contribution is 2.38. The summed E-state index contributed by atoms with van der Waals surface area (Å²) in [7, 11) is -3.45. The van der Waals surface area contributed by atoms with Crippen molar-refractivity contribution in [2.45, 2.75) is 32.1 Å². The van der Waals surface area contributed by atoms with Crippen molar-refractivity contribution in [2.75, 3.05) is 21.6 Å². The van der Waals surface area contributed by atoms with E-state index in [1.807, 2.05) is 42.5 Å². The lowest BCUT2D eigenvalue weighted by atomic mass is 9.80. The van der Waals surface area contributed by atoms with Crippen molar-refractivity contribution in [2.24, 2.45) is 0 Å². The van der Waals surface area contributed by atoms with E-state index in [9.17, 15) is 13.2 Å². The molecule has 0 radical (unpaired) electrons.